The molecule has 2 N–H and O–H groups in total. The summed E-state index contributed by atoms with van der Waals surface area (Å²) in [5, 5.41) is 0. The minimum atomic E-state index is -4.04. The Hall–Kier alpha value is 0.100. The molecule has 0 unspecified atom stereocenters. The molecule has 5 heteroatoms. The Balaban J connectivity index is 3.07. The van der Waals surface area contributed by atoms with Crippen molar-refractivity contribution in [2.45, 2.75) is 6.18 Å². The first-order chi connectivity index (χ1) is 4.06. The molecule has 0 bridgehead atoms. The molecule has 0 spiro atoms. The number of nitrogens with two attached hydrogens (primary N) is 1. The van der Waals surface area contributed by atoms with E-state index in [1.807, 2.05) is 0 Å². The van der Waals surface area contributed by atoms with E-state index < -0.39 is 11.9 Å². The van der Waals surface area contributed by atoms with Gasteiger partial charge in [-0.2, -0.15) is 24.9 Å². The second-order valence-electron chi connectivity index (χ2n) is 1.46. The van der Waals surface area contributed by atoms with Crippen molar-refractivity contribution < 1.29 is 13.2 Å². The maximum atomic E-state index is 11.3. The van der Waals surface area contributed by atoms with E-state index in [0.717, 1.165) is 11.8 Å². The van der Waals surface area contributed by atoms with Gasteiger partial charge in [-0.25, -0.2) is 0 Å². The zero-order valence-electron chi connectivity index (χ0n) is 4.74. The molecule has 56 valence electrons. The minimum absolute atomic E-state index is 0.306. The highest BCUT2D eigenvalue weighted by molar-refractivity contribution is 7.99. The second-order valence-corrected chi connectivity index (χ2v) is 2.56. The van der Waals surface area contributed by atoms with Gasteiger partial charge in [0.2, 0.25) is 0 Å². The Bertz CT molecular complexity index is 72.7. The monoisotopic (exact) mass is 159 g/mol. The highest BCUT2D eigenvalue weighted by atomic mass is 32.2. The van der Waals surface area contributed by atoms with Crippen molar-refractivity contribution in [3.63, 3.8) is 0 Å². The van der Waals surface area contributed by atoms with Crippen LogP contribution in [0.5, 0.6) is 0 Å². The molecule has 0 atom stereocenters. The molecule has 0 saturated heterocycles. The Morgan fingerprint density at radius 1 is 1.33 bits per heavy atom. The lowest BCUT2D eigenvalue weighted by atomic mass is 10.8. The average Bonchev–Trinajstić information content (AvgIpc) is 1.63. The maximum absolute atomic E-state index is 11.3. The molecule has 0 aromatic carbocycles. The third-order valence-corrected chi connectivity index (χ3v) is 1.58. The van der Waals surface area contributed by atoms with E-state index in [1.165, 1.54) is 0 Å². The predicted octanol–water partition coefficient (Wildman–Crippen LogP) is 1.24. The molecule has 0 fully saturated rings. The van der Waals surface area contributed by atoms with Gasteiger partial charge in [0.05, 0.1) is 5.75 Å². The number of rotatable bonds is 3. The van der Waals surface area contributed by atoms with Crippen molar-refractivity contribution in [3.8, 4) is 0 Å². The molecule has 0 aliphatic rings. The van der Waals surface area contributed by atoms with Gasteiger partial charge in [-0.3, -0.25) is 0 Å². The molecule has 0 amide bonds. The van der Waals surface area contributed by atoms with Gasteiger partial charge in [0, 0.05) is 12.3 Å². The van der Waals surface area contributed by atoms with Crippen LogP contribution in [-0.2, 0) is 0 Å². The quantitative estimate of drug-likeness (QED) is 0.627. The fourth-order valence-corrected chi connectivity index (χ4v) is 0.814. The summed E-state index contributed by atoms with van der Waals surface area (Å²) in [4.78, 5) is 0. The van der Waals surface area contributed by atoms with E-state index in [-0.39, 0.29) is 0 Å². The summed E-state index contributed by atoms with van der Waals surface area (Å²) in [7, 11) is 0. The number of hydrogen-bond donors (Lipinski definition) is 1. The van der Waals surface area contributed by atoms with Crippen molar-refractivity contribution in [1.82, 2.24) is 0 Å². The molecule has 0 aromatic heterocycles. The Kier molecular flexibility index (Phi) is 4.05. The van der Waals surface area contributed by atoms with E-state index in [0.29, 0.717) is 12.3 Å². The molecule has 0 aliphatic carbocycles. The average molecular weight is 159 g/mol. The summed E-state index contributed by atoms with van der Waals surface area (Å²) >= 11 is 0.810. The number of thioether (sulfide) groups is 1. The van der Waals surface area contributed by atoms with E-state index >= 15 is 0 Å². The summed E-state index contributed by atoms with van der Waals surface area (Å²) in [6, 6.07) is 0. The summed E-state index contributed by atoms with van der Waals surface area (Å²) in [5.74, 6) is -0.413. The van der Waals surface area contributed by atoms with E-state index in [9.17, 15) is 13.2 Å². The van der Waals surface area contributed by atoms with E-state index in [4.69, 9.17) is 5.73 Å². The molecule has 0 rings (SSSR count). The topological polar surface area (TPSA) is 26.0 Å². The van der Waals surface area contributed by atoms with Crippen LogP contribution in [0.25, 0.3) is 0 Å². The first kappa shape index (κ1) is 9.10. The van der Waals surface area contributed by atoms with Crippen LogP contribution >= 0.6 is 11.8 Å². The van der Waals surface area contributed by atoms with Crippen LogP contribution in [0.1, 0.15) is 0 Å². The molecule has 9 heavy (non-hydrogen) atoms. The van der Waals surface area contributed by atoms with Crippen molar-refractivity contribution in [2.24, 2.45) is 5.73 Å². The highest BCUT2D eigenvalue weighted by Crippen LogP contribution is 2.20. The first-order valence-electron chi connectivity index (χ1n) is 2.41. The van der Waals surface area contributed by atoms with Crippen LogP contribution in [0.2, 0.25) is 0 Å². The molecule has 0 heterocycles. The second kappa shape index (κ2) is 4.00. The zero-order chi connectivity index (χ0) is 7.33. The number of halogens is 3. The molecule has 1 nitrogen and oxygen atoms in total. The van der Waals surface area contributed by atoms with Crippen LogP contribution in [-0.4, -0.2) is 24.2 Å². The summed E-state index contributed by atoms with van der Waals surface area (Å²) in [6.07, 6.45) is -4.04. The smallest absolute Gasteiger partial charge is 0.330 e. The highest BCUT2D eigenvalue weighted by Gasteiger charge is 2.26. The maximum Gasteiger partial charge on any atom is 0.397 e. The number of hydrogen-bond acceptors (Lipinski definition) is 2. The Morgan fingerprint density at radius 2 is 1.89 bits per heavy atom. The van der Waals surface area contributed by atoms with Crippen molar-refractivity contribution in [1.29, 1.82) is 0 Å². The largest absolute Gasteiger partial charge is 0.397 e. The lowest BCUT2D eigenvalue weighted by Crippen LogP contribution is -2.13. The first-order valence-corrected chi connectivity index (χ1v) is 3.56. The third-order valence-electron chi connectivity index (χ3n) is 0.528. The normalized spacial score (nSPS) is 12.0. The minimum Gasteiger partial charge on any atom is -0.330 e. The molecule has 0 aliphatic heterocycles. The molecular formula is C4H8F3NS. The van der Waals surface area contributed by atoms with Crippen molar-refractivity contribution in [2.75, 3.05) is 18.1 Å². The third kappa shape index (κ3) is 8.10. The van der Waals surface area contributed by atoms with E-state index in [1.54, 1.807) is 0 Å². The Morgan fingerprint density at radius 3 is 2.22 bits per heavy atom. The van der Waals surface area contributed by atoms with Gasteiger partial charge < -0.3 is 5.73 Å². The molecular weight excluding hydrogens is 151 g/mol. The molecule has 0 aromatic rings. The van der Waals surface area contributed by atoms with Gasteiger partial charge in [-0.1, -0.05) is 0 Å². The molecule has 0 radical (unpaired) electrons. The standard InChI is InChI=1S/C4H8F3NS/c5-4(6,7)3-9-2-1-8/h1-3,8H2. The van der Waals surface area contributed by atoms with Crippen molar-refractivity contribution in [3.05, 3.63) is 0 Å². The predicted molar refractivity (Wildman–Crippen MR) is 32.4 cm³/mol. The van der Waals surface area contributed by atoms with Gasteiger partial charge >= 0.3 is 6.18 Å². The van der Waals surface area contributed by atoms with Gasteiger partial charge in [-0.05, 0) is 0 Å². The summed E-state index contributed by atoms with van der Waals surface area (Å²) in [5.41, 5.74) is 4.97. The SMILES string of the molecule is NCCSCC(F)(F)F. The van der Waals surface area contributed by atoms with Gasteiger partial charge in [0.25, 0.3) is 0 Å². The van der Waals surface area contributed by atoms with Crippen LogP contribution in [0.4, 0.5) is 13.2 Å². The van der Waals surface area contributed by atoms with Gasteiger partial charge in [0.15, 0.2) is 0 Å². The Labute approximate surface area is 55.8 Å². The summed E-state index contributed by atoms with van der Waals surface area (Å²) in [6.45, 7) is 0.306. The van der Waals surface area contributed by atoms with Crippen molar-refractivity contribution >= 4 is 11.8 Å². The lowest BCUT2D eigenvalue weighted by molar-refractivity contribution is -0.105. The van der Waals surface area contributed by atoms with E-state index in [2.05, 4.69) is 0 Å². The van der Waals surface area contributed by atoms with Gasteiger partial charge in [-0.15, -0.1) is 0 Å². The molecule has 0 saturated carbocycles. The number of alkyl halides is 3. The van der Waals surface area contributed by atoms with Crippen LogP contribution in [0.3, 0.4) is 0 Å². The summed E-state index contributed by atoms with van der Waals surface area (Å²) < 4.78 is 34.0. The fourth-order valence-electron chi connectivity index (χ4n) is 0.271. The lowest BCUT2D eigenvalue weighted by Gasteiger charge is -2.03. The van der Waals surface area contributed by atoms with Crippen LogP contribution in [0, 0.1) is 0 Å². The van der Waals surface area contributed by atoms with Crippen LogP contribution in [0.15, 0.2) is 0 Å². The zero-order valence-corrected chi connectivity index (χ0v) is 5.56. The van der Waals surface area contributed by atoms with Gasteiger partial charge in [0.1, 0.15) is 0 Å². The fraction of sp³-hybridized carbons (Fsp3) is 1.00. The van der Waals surface area contributed by atoms with Crippen LogP contribution < -0.4 is 5.73 Å².